The number of benzene rings is 1. The third-order valence-electron chi connectivity index (χ3n) is 5.25. The molecule has 24 heavy (non-hydrogen) atoms. The maximum Gasteiger partial charge on any atom is 0.119 e. The van der Waals surface area contributed by atoms with Crippen molar-refractivity contribution in [3.63, 3.8) is 0 Å². The Kier molecular flexibility index (Phi) is 7.90. The van der Waals surface area contributed by atoms with E-state index in [1.165, 1.54) is 62.8 Å². The van der Waals surface area contributed by atoms with Gasteiger partial charge in [0.25, 0.3) is 0 Å². The second kappa shape index (κ2) is 9.93. The summed E-state index contributed by atoms with van der Waals surface area (Å²) in [4.78, 5) is 4.71. The zero-order valence-corrected chi connectivity index (χ0v) is 15.6. The average molecular weight is 351 g/mol. The van der Waals surface area contributed by atoms with Crippen LogP contribution in [-0.4, -0.2) is 25.5 Å². The summed E-state index contributed by atoms with van der Waals surface area (Å²) in [6.07, 6.45) is 11.5. The molecule has 0 radical (unpaired) electrons. The molecule has 1 N–H and O–H groups in total. The van der Waals surface area contributed by atoms with Crippen LogP contribution in [0.15, 0.2) is 29.3 Å². The zero-order chi connectivity index (χ0) is 15.9. The summed E-state index contributed by atoms with van der Waals surface area (Å²) in [5.74, 6) is 3.07. The zero-order valence-electron chi connectivity index (χ0n) is 14.8. The van der Waals surface area contributed by atoms with Crippen molar-refractivity contribution in [3.8, 4) is 5.75 Å². The predicted octanol–water partition coefficient (Wildman–Crippen LogP) is 4.78. The number of rotatable bonds is 4. The average Bonchev–Trinajstić information content (AvgIpc) is 2.85. The first-order valence-corrected chi connectivity index (χ1v) is 9.26. The Morgan fingerprint density at radius 2 is 1.96 bits per heavy atom. The van der Waals surface area contributed by atoms with E-state index < -0.39 is 0 Å². The Morgan fingerprint density at radius 3 is 2.75 bits per heavy atom. The molecule has 1 heterocycles. The Balaban J connectivity index is 0.00000208. The molecule has 0 atom stereocenters. The van der Waals surface area contributed by atoms with Crippen molar-refractivity contribution in [1.82, 2.24) is 5.32 Å². The van der Waals surface area contributed by atoms with Crippen LogP contribution in [0.25, 0.3) is 0 Å². The minimum absolute atomic E-state index is 0. The molecule has 4 heteroatoms. The minimum Gasteiger partial charge on any atom is -0.497 e. The Hall–Kier alpha value is -1.22. The van der Waals surface area contributed by atoms with Gasteiger partial charge < -0.3 is 10.1 Å². The van der Waals surface area contributed by atoms with E-state index in [4.69, 9.17) is 9.73 Å². The van der Waals surface area contributed by atoms with Gasteiger partial charge in [-0.05, 0) is 68.6 Å². The minimum atomic E-state index is 0. The number of hydrogen-bond acceptors (Lipinski definition) is 3. The van der Waals surface area contributed by atoms with Gasteiger partial charge in [0.1, 0.15) is 5.75 Å². The SMILES string of the molecule is COc1cccc(CC2CCC(NC3=NCCCCC3)CC2)c1.Cl. The number of aliphatic imine (C=N–C) groups is 1. The van der Waals surface area contributed by atoms with Crippen LogP contribution in [0.2, 0.25) is 0 Å². The van der Waals surface area contributed by atoms with Crippen LogP contribution in [0.4, 0.5) is 0 Å². The van der Waals surface area contributed by atoms with Gasteiger partial charge in [0, 0.05) is 19.0 Å². The fraction of sp³-hybridized carbons (Fsp3) is 0.650. The first-order chi connectivity index (χ1) is 11.3. The lowest BCUT2D eigenvalue weighted by atomic mass is 9.82. The Labute approximate surface area is 152 Å². The van der Waals surface area contributed by atoms with Gasteiger partial charge in [-0.1, -0.05) is 18.6 Å². The maximum atomic E-state index is 5.33. The van der Waals surface area contributed by atoms with E-state index in [0.29, 0.717) is 6.04 Å². The van der Waals surface area contributed by atoms with Crippen molar-refractivity contribution in [3.05, 3.63) is 29.8 Å². The fourth-order valence-corrected chi connectivity index (χ4v) is 3.87. The molecule has 2 aliphatic rings. The van der Waals surface area contributed by atoms with Crippen molar-refractivity contribution < 1.29 is 4.74 Å². The van der Waals surface area contributed by atoms with Crippen LogP contribution >= 0.6 is 12.4 Å². The van der Waals surface area contributed by atoms with Crippen LogP contribution < -0.4 is 10.1 Å². The summed E-state index contributed by atoms with van der Waals surface area (Å²) in [6, 6.07) is 9.19. The molecule has 1 saturated carbocycles. The lowest BCUT2D eigenvalue weighted by Crippen LogP contribution is -2.37. The van der Waals surface area contributed by atoms with Crippen LogP contribution in [0.3, 0.4) is 0 Å². The molecule has 0 unspecified atom stereocenters. The third-order valence-corrected chi connectivity index (χ3v) is 5.25. The van der Waals surface area contributed by atoms with Crippen molar-refractivity contribution in [2.45, 2.75) is 63.8 Å². The number of ether oxygens (including phenoxy) is 1. The molecule has 1 aliphatic carbocycles. The van der Waals surface area contributed by atoms with Crippen molar-refractivity contribution in [1.29, 1.82) is 0 Å². The highest BCUT2D eigenvalue weighted by molar-refractivity contribution is 5.85. The molecule has 3 rings (SSSR count). The second-order valence-electron chi connectivity index (χ2n) is 7.06. The van der Waals surface area contributed by atoms with Crippen LogP contribution in [-0.2, 0) is 6.42 Å². The molecule has 1 aliphatic heterocycles. The monoisotopic (exact) mass is 350 g/mol. The molecular formula is C20H31ClN2O. The van der Waals surface area contributed by atoms with Crippen molar-refractivity contribution >= 4 is 18.2 Å². The van der Waals surface area contributed by atoms with E-state index in [1.807, 2.05) is 6.07 Å². The first-order valence-electron chi connectivity index (χ1n) is 9.26. The van der Waals surface area contributed by atoms with Gasteiger partial charge >= 0.3 is 0 Å². The van der Waals surface area contributed by atoms with E-state index in [0.717, 1.165) is 24.6 Å². The number of halogens is 1. The van der Waals surface area contributed by atoms with Gasteiger partial charge in [-0.2, -0.15) is 0 Å². The van der Waals surface area contributed by atoms with Gasteiger partial charge in [0.05, 0.1) is 12.9 Å². The topological polar surface area (TPSA) is 33.6 Å². The molecule has 1 aromatic carbocycles. The molecule has 0 aromatic heterocycles. The van der Waals surface area contributed by atoms with E-state index in [2.05, 4.69) is 23.5 Å². The Bertz CT molecular complexity index is 524. The number of nitrogens with one attached hydrogen (secondary N) is 1. The number of hydrogen-bond donors (Lipinski definition) is 1. The molecule has 3 nitrogen and oxygen atoms in total. The highest BCUT2D eigenvalue weighted by Gasteiger charge is 2.22. The molecule has 0 amide bonds. The molecule has 0 spiro atoms. The fourth-order valence-electron chi connectivity index (χ4n) is 3.87. The molecule has 0 bridgehead atoms. The summed E-state index contributed by atoms with van der Waals surface area (Å²) < 4.78 is 5.33. The molecule has 1 fully saturated rings. The third kappa shape index (κ3) is 5.70. The van der Waals surface area contributed by atoms with Gasteiger partial charge in [-0.3, -0.25) is 4.99 Å². The van der Waals surface area contributed by atoms with Gasteiger partial charge in [-0.15, -0.1) is 12.4 Å². The van der Waals surface area contributed by atoms with E-state index in [9.17, 15) is 0 Å². The van der Waals surface area contributed by atoms with Crippen molar-refractivity contribution in [2.75, 3.05) is 13.7 Å². The highest BCUT2D eigenvalue weighted by Crippen LogP contribution is 2.28. The molecular weight excluding hydrogens is 320 g/mol. The smallest absolute Gasteiger partial charge is 0.119 e. The van der Waals surface area contributed by atoms with E-state index >= 15 is 0 Å². The predicted molar refractivity (Wildman–Crippen MR) is 104 cm³/mol. The first kappa shape index (κ1) is 19.1. The quantitative estimate of drug-likeness (QED) is 0.847. The number of nitrogens with zero attached hydrogens (tertiary/aromatic N) is 1. The van der Waals surface area contributed by atoms with Gasteiger partial charge in [0.2, 0.25) is 0 Å². The summed E-state index contributed by atoms with van der Waals surface area (Å²) in [7, 11) is 1.74. The summed E-state index contributed by atoms with van der Waals surface area (Å²) >= 11 is 0. The second-order valence-corrected chi connectivity index (χ2v) is 7.06. The number of amidine groups is 1. The summed E-state index contributed by atoms with van der Waals surface area (Å²) in [6.45, 7) is 1.02. The van der Waals surface area contributed by atoms with Crippen LogP contribution in [0.1, 0.15) is 56.9 Å². The van der Waals surface area contributed by atoms with E-state index in [-0.39, 0.29) is 12.4 Å². The standard InChI is InChI=1S/C20H30N2O.ClH/c1-23-19-7-5-6-17(15-19)14-16-9-11-18(12-10-16)22-20-8-3-2-4-13-21-20;/h5-7,15-16,18H,2-4,8-14H2,1H3,(H,21,22);1H. The van der Waals surface area contributed by atoms with Crippen LogP contribution in [0, 0.1) is 5.92 Å². The van der Waals surface area contributed by atoms with Crippen molar-refractivity contribution in [2.24, 2.45) is 10.9 Å². The molecule has 134 valence electrons. The summed E-state index contributed by atoms with van der Waals surface area (Å²) in [5, 5.41) is 3.73. The largest absolute Gasteiger partial charge is 0.497 e. The molecule has 1 aromatic rings. The lowest BCUT2D eigenvalue weighted by molar-refractivity contribution is 0.309. The lowest BCUT2D eigenvalue weighted by Gasteiger charge is -2.30. The molecule has 0 saturated heterocycles. The number of methoxy groups -OCH3 is 1. The Morgan fingerprint density at radius 1 is 1.12 bits per heavy atom. The van der Waals surface area contributed by atoms with Gasteiger partial charge in [-0.25, -0.2) is 0 Å². The van der Waals surface area contributed by atoms with Crippen LogP contribution in [0.5, 0.6) is 5.75 Å². The highest BCUT2D eigenvalue weighted by atomic mass is 35.5. The van der Waals surface area contributed by atoms with E-state index in [1.54, 1.807) is 7.11 Å². The summed E-state index contributed by atoms with van der Waals surface area (Å²) in [5.41, 5.74) is 1.41. The van der Waals surface area contributed by atoms with Gasteiger partial charge in [0.15, 0.2) is 0 Å². The normalized spacial score (nSPS) is 24.3. The maximum absolute atomic E-state index is 5.33.